The van der Waals surface area contributed by atoms with Gasteiger partial charge in [0.1, 0.15) is 5.75 Å². The summed E-state index contributed by atoms with van der Waals surface area (Å²) in [5, 5.41) is 17.0. The van der Waals surface area contributed by atoms with Gasteiger partial charge in [0.2, 0.25) is 0 Å². The molecule has 2 N–H and O–H groups in total. The molecule has 0 spiro atoms. The van der Waals surface area contributed by atoms with Gasteiger partial charge < -0.3 is 14.9 Å². The molecule has 5 nitrogen and oxygen atoms in total. The molecule has 0 unspecified atom stereocenters. The molecule has 1 aromatic carbocycles. The molecule has 20 heavy (non-hydrogen) atoms. The Morgan fingerprint density at radius 1 is 1.30 bits per heavy atom. The van der Waals surface area contributed by atoms with Crippen molar-refractivity contribution in [1.29, 1.82) is 0 Å². The molecular weight excluding hydrogens is 359 g/mol. The fraction of sp³-hybridized carbons (Fsp3) is 0.167. The first-order chi connectivity index (χ1) is 8.73. The van der Waals surface area contributed by atoms with E-state index in [1.54, 1.807) is 6.07 Å². The van der Waals surface area contributed by atoms with Crippen LogP contribution in [0.2, 0.25) is 10.0 Å². The van der Waals surface area contributed by atoms with E-state index in [9.17, 15) is 9.59 Å². The summed E-state index contributed by atoms with van der Waals surface area (Å²) in [7, 11) is 0. The van der Waals surface area contributed by atoms with Crippen LogP contribution in [-0.2, 0) is 26.7 Å². The van der Waals surface area contributed by atoms with E-state index < -0.39 is 18.5 Å². The van der Waals surface area contributed by atoms with E-state index in [1.807, 2.05) is 0 Å². The third kappa shape index (κ3) is 9.69. The Bertz CT molecular complexity index is 479. The van der Waals surface area contributed by atoms with Crippen LogP contribution < -0.4 is 4.74 Å². The first-order valence-electron chi connectivity index (χ1n) is 4.92. The molecule has 0 fully saturated rings. The monoisotopic (exact) mass is 369 g/mol. The second-order valence-electron chi connectivity index (χ2n) is 3.34. The van der Waals surface area contributed by atoms with Gasteiger partial charge in [-0.3, -0.25) is 0 Å². The number of hydrogen-bond acceptors (Lipinski definition) is 3. The average Bonchev–Trinajstić information content (AvgIpc) is 2.28. The second kappa shape index (κ2) is 10.6. The van der Waals surface area contributed by atoms with E-state index >= 15 is 0 Å². The van der Waals surface area contributed by atoms with Crippen LogP contribution in [0.25, 0.3) is 0 Å². The van der Waals surface area contributed by atoms with E-state index in [2.05, 4.69) is 6.58 Å². The number of rotatable bonds is 4. The molecule has 0 aliphatic carbocycles. The molecule has 1 aromatic rings. The minimum absolute atomic E-state index is 0. The maximum absolute atomic E-state index is 10.2. The number of carboxylic acids is 2. The Kier molecular flexibility index (Phi) is 11.2. The number of hydrogen-bond donors (Lipinski definition) is 2. The second-order valence-corrected chi connectivity index (χ2v) is 4.19. The quantitative estimate of drug-likeness (QED) is 0.628. The molecule has 0 heterocycles. The van der Waals surface area contributed by atoms with Gasteiger partial charge in [-0.05, 0) is 25.1 Å². The van der Waals surface area contributed by atoms with Gasteiger partial charge in [-0.2, -0.15) is 0 Å². The van der Waals surface area contributed by atoms with Crippen LogP contribution in [-0.4, -0.2) is 28.8 Å². The zero-order valence-corrected chi connectivity index (χ0v) is 12.8. The van der Waals surface area contributed by atoms with Crippen molar-refractivity contribution in [1.82, 2.24) is 0 Å². The smallest absolute Gasteiger partial charge is 0.341 e. The van der Waals surface area contributed by atoms with E-state index in [1.165, 1.54) is 19.1 Å². The summed E-state index contributed by atoms with van der Waals surface area (Å²) in [5.74, 6) is -1.67. The van der Waals surface area contributed by atoms with Crippen molar-refractivity contribution in [3.8, 4) is 5.75 Å². The number of carboxylic acid groups (broad SMARTS) is 2. The van der Waals surface area contributed by atoms with E-state index in [0.717, 1.165) is 0 Å². The van der Waals surface area contributed by atoms with Crippen molar-refractivity contribution < 1.29 is 41.6 Å². The van der Waals surface area contributed by atoms with Gasteiger partial charge in [-0.15, -0.1) is 0 Å². The number of halogens is 2. The molecule has 0 aliphatic heterocycles. The van der Waals surface area contributed by atoms with Crippen molar-refractivity contribution in [2.45, 2.75) is 6.92 Å². The molecule has 8 heteroatoms. The van der Waals surface area contributed by atoms with Crippen molar-refractivity contribution in [2.24, 2.45) is 0 Å². The van der Waals surface area contributed by atoms with Gasteiger partial charge in [0.25, 0.3) is 0 Å². The molecule has 1 radical (unpaired) electrons. The van der Waals surface area contributed by atoms with Crippen molar-refractivity contribution in [3.05, 3.63) is 40.4 Å². The third-order valence-corrected chi connectivity index (χ3v) is 2.14. The number of benzene rings is 1. The third-order valence-electron chi connectivity index (χ3n) is 1.61. The van der Waals surface area contributed by atoms with E-state index in [0.29, 0.717) is 15.8 Å². The maximum Gasteiger partial charge on any atom is 0.341 e. The predicted octanol–water partition coefficient (Wildman–Crippen LogP) is 3.10. The van der Waals surface area contributed by atoms with Crippen LogP contribution in [0.5, 0.6) is 5.75 Å². The standard InChI is InChI=1S/C8H6Cl2O3.C4H6O2.Cu/c9-5-1-2-7(6(10)3-5)13-4-8(11)12;1-3(2)4(5)6;/h1-3H,4H2,(H,11,12);1H2,2H3,(H,5,6);. The Morgan fingerprint density at radius 2 is 1.80 bits per heavy atom. The first kappa shape index (κ1) is 21.1. The van der Waals surface area contributed by atoms with Gasteiger partial charge in [0.05, 0.1) is 5.02 Å². The Labute approximate surface area is 136 Å². The molecule has 0 atom stereocenters. The summed E-state index contributed by atoms with van der Waals surface area (Å²) in [6.07, 6.45) is 0. The molecular formula is C12H12Cl2CuO5. The number of ether oxygens (including phenoxy) is 1. The minimum atomic E-state index is -1.05. The summed E-state index contributed by atoms with van der Waals surface area (Å²) in [6, 6.07) is 4.58. The Balaban J connectivity index is 0. The van der Waals surface area contributed by atoms with Crippen molar-refractivity contribution >= 4 is 35.1 Å². The topological polar surface area (TPSA) is 83.8 Å². The van der Waals surface area contributed by atoms with E-state index in [4.69, 9.17) is 38.2 Å². The van der Waals surface area contributed by atoms with E-state index in [-0.39, 0.29) is 22.6 Å². The largest absolute Gasteiger partial charge is 0.480 e. The zero-order valence-electron chi connectivity index (χ0n) is 10.3. The average molecular weight is 371 g/mol. The van der Waals surface area contributed by atoms with Crippen LogP contribution >= 0.6 is 23.2 Å². The van der Waals surface area contributed by atoms with Crippen molar-refractivity contribution in [3.63, 3.8) is 0 Å². The summed E-state index contributed by atoms with van der Waals surface area (Å²) in [6.45, 7) is 4.19. The van der Waals surface area contributed by atoms with Crippen LogP contribution in [0.3, 0.4) is 0 Å². The molecule has 0 bridgehead atoms. The normalized spacial score (nSPS) is 8.55. The van der Waals surface area contributed by atoms with Crippen molar-refractivity contribution in [2.75, 3.05) is 6.61 Å². The molecule has 0 aromatic heterocycles. The summed E-state index contributed by atoms with van der Waals surface area (Å²) < 4.78 is 4.86. The zero-order chi connectivity index (χ0) is 15.0. The molecule has 115 valence electrons. The molecule has 1 rings (SSSR count). The fourth-order valence-electron chi connectivity index (χ4n) is 0.732. The minimum Gasteiger partial charge on any atom is -0.480 e. The van der Waals surface area contributed by atoms with Crippen LogP contribution in [0.4, 0.5) is 0 Å². The maximum atomic E-state index is 10.2. The van der Waals surface area contributed by atoms with Crippen LogP contribution in [0, 0.1) is 0 Å². The summed E-state index contributed by atoms with van der Waals surface area (Å²) in [5.41, 5.74) is 0.176. The van der Waals surface area contributed by atoms with Gasteiger partial charge in [-0.25, -0.2) is 9.59 Å². The SMILES string of the molecule is C=C(C)C(=O)O.O=C(O)COc1ccc(Cl)cc1Cl.[Cu]. The number of aliphatic carboxylic acids is 2. The summed E-state index contributed by atoms with van der Waals surface area (Å²) >= 11 is 11.3. The number of carbonyl (C=O) groups is 2. The summed E-state index contributed by atoms with van der Waals surface area (Å²) in [4.78, 5) is 19.8. The van der Waals surface area contributed by atoms with Crippen LogP contribution in [0.15, 0.2) is 30.4 Å². The molecule has 0 saturated heterocycles. The molecule has 0 saturated carbocycles. The fourth-order valence-corrected chi connectivity index (χ4v) is 1.19. The van der Waals surface area contributed by atoms with Gasteiger partial charge in [0.15, 0.2) is 6.61 Å². The molecule has 0 amide bonds. The predicted molar refractivity (Wildman–Crippen MR) is 72.0 cm³/mol. The van der Waals surface area contributed by atoms with Crippen LogP contribution in [0.1, 0.15) is 6.92 Å². The van der Waals surface area contributed by atoms with Gasteiger partial charge >= 0.3 is 11.9 Å². The van der Waals surface area contributed by atoms with Gasteiger partial charge in [0, 0.05) is 27.7 Å². The Morgan fingerprint density at radius 3 is 2.15 bits per heavy atom. The first-order valence-corrected chi connectivity index (χ1v) is 5.68. The Hall–Kier alpha value is -1.20. The van der Waals surface area contributed by atoms with Gasteiger partial charge in [-0.1, -0.05) is 29.8 Å². The molecule has 0 aliphatic rings.